The minimum Gasteiger partial charge on any atom is -0.481 e. The van der Waals surface area contributed by atoms with Gasteiger partial charge in [0.1, 0.15) is 0 Å². The second-order valence-corrected chi connectivity index (χ2v) is 5.56. The molecule has 2 bridgehead atoms. The van der Waals surface area contributed by atoms with E-state index in [4.69, 9.17) is 4.74 Å². The van der Waals surface area contributed by atoms with Gasteiger partial charge in [-0.25, -0.2) is 0 Å². The van der Waals surface area contributed by atoms with Gasteiger partial charge >= 0.3 is 5.97 Å². The lowest BCUT2D eigenvalue weighted by Gasteiger charge is -2.25. The van der Waals surface area contributed by atoms with Gasteiger partial charge < -0.3 is 9.84 Å². The van der Waals surface area contributed by atoms with Crippen LogP contribution in [0.5, 0.6) is 0 Å². The van der Waals surface area contributed by atoms with E-state index in [0.717, 1.165) is 22.9 Å². The molecule has 0 saturated carbocycles. The molecule has 4 atom stereocenters. The van der Waals surface area contributed by atoms with Crippen molar-refractivity contribution in [3.63, 3.8) is 0 Å². The van der Waals surface area contributed by atoms with E-state index < -0.39 is 11.9 Å². The van der Waals surface area contributed by atoms with Gasteiger partial charge in [-0.1, -0.05) is 34.1 Å². The zero-order valence-corrected chi connectivity index (χ0v) is 10.8. The highest BCUT2D eigenvalue weighted by Crippen LogP contribution is 2.50. The highest BCUT2D eigenvalue weighted by molar-refractivity contribution is 9.10. The van der Waals surface area contributed by atoms with Gasteiger partial charge in [0.25, 0.3) is 0 Å². The summed E-state index contributed by atoms with van der Waals surface area (Å²) in [5, 5.41) is 9.36. The molecular weight excluding hydrogens is 284 g/mol. The average Bonchev–Trinajstić information content (AvgIpc) is 2.89. The van der Waals surface area contributed by atoms with Crippen LogP contribution in [0.2, 0.25) is 0 Å². The number of hydrogen-bond donors (Lipinski definition) is 1. The topological polar surface area (TPSA) is 46.5 Å². The maximum Gasteiger partial charge on any atom is 0.309 e. The van der Waals surface area contributed by atoms with Crippen molar-refractivity contribution >= 4 is 21.9 Å². The summed E-state index contributed by atoms with van der Waals surface area (Å²) in [6, 6.07) is 7.84. The number of carboxylic acids is 1. The summed E-state index contributed by atoms with van der Waals surface area (Å²) < 4.78 is 6.75. The van der Waals surface area contributed by atoms with E-state index in [1.165, 1.54) is 0 Å². The van der Waals surface area contributed by atoms with E-state index in [-0.39, 0.29) is 18.1 Å². The largest absolute Gasteiger partial charge is 0.481 e. The molecule has 1 N–H and O–H groups in total. The fourth-order valence-electron chi connectivity index (χ4n) is 3.13. The number of ether oxygens (including phenoxy) is 1. The summed E-state index contributed by atoms with van der Waals surface area (Å²) in [6.45, 7) is 0. The first-order valence-electron chi connectivity index (χ1n) is 5.81. The fourth-order valence-corrected chi connectivity index (χ4v) is 3.68. The van der Waals surface area contributed by atoms with Crippen LogP contribution in [0.1, 0.15) is 24.3 Å². The number of rotatable bonds is 2. The van der Waals surface area contributed by atoms with Crippen LogP contribution in [-0.2, 0) is 9.53 Å². The quantitative estimate of drug-likeness (QED) is 0.913. The van der Waals surface area contributed by atoms with E-state index >= 15 is 0 Å². The first-order chi connectivity index (χ1) is 8.18. The van der Waals surface area contributed by atoms with Gasteiger partial charge in [-0.3, -0.25) is 4.79 Å². The van der Waals surface area contributed by atoms with Crippen molar-refractivity contribution < 1.29 is 14.6 Å². The van der Waals surface area contributed by atoms with Crippen molar-refractivity contribution in [2.75, 3.05) is 0 Å². The lowest BCUT2D eigenvalue weighted by atomic mass is 9.75. The third kappa shape index (κ3) is 1.70. The monoisotopic (exact) mass is 296 g/mol. The summed E-state index contributed by atoms with van der Waals surface area (Å²) in [5.74, 6) is -1.15. The maximum absolute atomic E-state index is 11.4. The van der Waals surface area contributed by atoms with Gasteiger partial charge in [-0.2, -0.15) is 0 Å². The van der Waals surface area contributed by atoms with Crippen LogP contribution in [0.15, 0.2) is 28.7 Å². The molecular formula is C13H13BrO3. The van der Waals surface area contributed by atoms with Crippen LogP contribution in [0.3, 0.4) is 0 Å². The standard InChI is InChI=1S/C13H13BrO3/c14-8-4-2-1-3-7(8)11-9-5-6-10(17-9)12(11)13(15)16/h1-4,9-12H,5-6H2,(H,15,16). The Morgan fingerprint density at radius 1 is 1.29 bits per heavy atom. The highest BCUT2D eigenvalue weighted by atomic mass is 79.9. The van der Waals surface area contributed by atoms with Crippen LogP contribution in [0.25, 0.3) is 0 Å². The van der Waals surface area contributed by atoms with Crippen LogP contribution >= 0.6 is 15.9 Å². The summed E-state index contributed by atoms with van der Waals surface area (Å²) in [4.78, 5) is 11.4. The van der Waals surface area contributed by atoms with Crippen molar-refractivity contribution in [1.29, 1.82) is 0 Å². The van der Waals surface area contributed by atoms with Gasteiger partial charge in [0.2, 0.25) is 0 Å². The van der Waals surface area contributed by atoms with E-state index in [2.05, 4.69) is 15.9 Å². The molecule has 2 aliphatic rings. The molecule has 2 heterocycles. The molecule has 2 saturated heterocycles. The predicted octanol–water partition coefficient (Wildman–Crippen LogP) is 2.79. The maximum atomic E-state index is 11.4. The molecule has 0 amide bonds. The van der Waals surface area contributed by atoms with Crippen LogP contribution in [0, 0.1) is 5.92 Å². The van der Waals surface area contributed by atoms with E-state index in [1.807, 2.05) is 24.3 Å². The fraction of sp³-hybridized carbons (Fsp3) is 0.462. The molecule has 3 rings (SSSR count). The number of hydrogen-bond acceptors (Lipinski definition) is 2. The van der Waals surface area contributed by atoms with Crippen molar-refractivity contribution in [1.82, 2.24) is 0 Å². The minimum atomic E-state index is -0.738. The Morgan fingerprint density at radius 2 is 2.00 bits per heavy atom. The summed E-state index contributed by atoms with van der Waals surface area (Å²) in [5.41, 5.74) is 1.06. The van der Waals surface area contributed by atoms with Crippen molar-refractivity contribution in [2.45, 2.75) is 31.0 Å². The molecule has 0 aliphatic carbocycles. The normalized spacial score (nSPS) is 35.1. The van der Waals surface area contributed by atoms with Crippen molar-refractivity contribution in [2.24, 2.45) is 5.92 Å². The van der Waals surface area contributed by atoms with Crippen LogP contribution < -0.4 is 0 Å². The van der Waals surface area contributed by atoms with E-state index in [1.54, 1.807) is 0 Å². The molecule has 1 aromatic rings. The average molecular weight is 297 g/mol. The lowest BCUT2D eigenvalue weighted by Crippen LogP contribution is -2.32. The molecule has 90 valence electrons. The molecule has 2 fully saturated rings. The Hall–Kier alpha value is -0.870. The molecule has 0 spiro atoms. The number of fused-ring (bicyclic) bond motifs is 2. The molecule has 0 aromatic heterocycles. The third-order valence-corrected chi connectivity index (χ3v) is 4.54. The number of carbonyl (C=O) groups is 1. The van der Waals surface area contributed by atoms with E-state index in [0.29, 0.717) is 0 Å². The highest BCUT2D eigenvalue weighted by Gasteiger charge is 2.53. The Kier molecular flexibility index (Phi) is 2.71. The van der Waals surface area contributed by atoms with Crippen molar-refractivity contribution in [3.8, 4) is 0 Å². The molecule has 1 aromatic carbocycles. The van der Waals surface area contributed by atoms with Gasteiger partial charge in [0.05, 0.1) is 18.1 Å². The SMILES string of the molecule is O=C(O)C1C2CCC(O2)C1c1ccccc1Br. The molecule has 2 aliphatic heterocycles. The smallest absolute Gasteiger partial charge is 0.309 e. The first-order valence-corrected chi connectivity index (χ1v) is 6.60. The molecule has 0 radical (unpaired) electrons. The first kappa shape index (κ1) is 11.2. The molecule has 3 nitrogen and oxygen atoms in total. The van der Waals surface area contributed by atoms with Crippen molar-refractivity contribution in [3.05, 3.63) is 34.3 Å². The van der Waals surface area contributed by atoms with E-state index in [9.17, 15) is 9.90 Å². The second kappa shape index (κ2) is 4.10. The lowest BCUT2D eigenvalue weighted by molar-refractivity contribution is -0.143. The Morgan fingerprint density at radius 3 is 2.71 bits per heavy atom. The number of aliphatic carboxylic acids is 1. The summed E-state index contributed by atoms with van der Waals surface area (Å²) in [7, 11) is 0. The Balaban J connectivity index is 2.02. The Bertz CT molecular complexity index is 460. The van der Waals surface area contributed by atoms with Crippen LogP contribution in [0.4, 0.5) is 0 Å². The minimum absolute atomic E-state index is 0.0122. The summed E-state index contributed by atoms with van der Waals surface area (Å²) >= 11 is 3.51. The van der Waals surface area contributed by atoms with Gasteiger partial charge in [-0.05, 0) is 24.5 Å². The van der Waals surface area contributed by atoms with Crippen LogP contribution in [-0.4, -0.2) is 23.3 Å². The number of benzene rings is 1. The predicted molar refractivity (Wildman–Crippen MR) is 65.9 cm³/mol. The zero-order chi connectivity index (χ0) is 12.0. The summed E-state index contributed by atoms with van der Waals surface area (Å²) in [6.07, 6.45) is 1.82. The molecule has 4 heteroatoms. The second-order valence-electron chi connectivity index (χ2n) is 4.70. The number of carboxylic acid groups (broad SMARTS) is 1. The van der Waals surface area contributed by atoms with Gasteiger partial charge in [0, 0.05) is 10.4 Å². The number of halogens is 1. The van der Waals surface area contributed by atoms with Gasteiger partial charge in [-0.15, -0.1) is 0 Å². The molecule has 4 unspecified atom stereocenters. The zero-order valence-electron chi connectivity index (χ0n) is 9.17. The van der Waals surface area contributed by atoms with Gasteiger partial charge in [0.15, 0.2) is 0 Å². The molecule has 17 heavy (non-hydrogen) atoms. The Labute approximate surface area is 108 Å². The third-order valence-electron chi connectivity index (χ3n) is 3.82.